The molecule has 14 heteroatoms. The molecule has 0 radical (unpaired) electrons. The second kappa shape index (κ2) is 12.1. The van der Waals surface area contributed by atoms with E-state index in [1.165, 1.54) is 10.8 Å². The Labute approximate surface area is 203 Å². The highest BCUT2D eigenvalue weighted by Crippen LogP contribution is 2.25. The van der Waals surface area contributed by atoms with E-state index in [9.17, 15) is 16.8 Å². The van der Waals surface area contributed by atoms with E-state index in [2.05, 4.69) is 58.5 Å². The Morgan fingerprint density at radius 1 is 0.886 bits per heavy atom. The third-order valence-electron chi connectivity index (χ3n) is 4.26. The van der Waals surface area contributed by atoms with E-state index < -0.39 is 32.3 Å². The SMILES string of the molecule is COc1ccc(OC)c(N)c1.O=S(=O)(O)C1=NCN(S(=O)(=O)O)C=N1.c1ccc2ccccc2c1. The average molecular weight is 525 g/mol. The van der Waals surface area contributed by atoms with Crippen LogP contribution in [0.15, 0.2) is 76.7 Å². The molecule has 0 aliphatic carbocycles. The van der Waals surface area contributed by atoms with Gasteiger partial charge in [0.2, 0.25) is 0 Å². The molecule has 3 aromatic carbocycles. The lowest BCUT2D eigenvalue weighted by Crippen LogP contribution is -2.33. The molecular formula is C21H24N4O8S2. The second-order valence-electron chi connectivity index (χ2n) is 6.62. The Morgan fingerprint density at radius 3 is 1.77 bits per heavy atom. The third kappa shape index (κ3) is 8.53. The van der Waals surface area contributed by atoms with Crippen LogP contribution in [0.4, 0.5) is 5.69 Å². The van der Waals surface area contributed by atoms with Crippen molar-refractivity contribution in [3.63, 3.8) is 0 Å². The first-order chi connectivity index (χ1) is 16.5. The van der Waals surface area contributed by atoms with Crippen molar-refractivity contribution in [3.05, 3.63) is 66.7 Å². The minimum atomic E-state index is -4.55. The molecule has 0 spiro atoms. The van der Waals surface area contributed by atoms with Crippen LogP contribution in [0.3, 0.4) is 0 Å². The van der Waals surface area contributed by atoms with Gasteiger partial charge in [-0.05, 0) is 22.9 Å². The van der Waals surface area contributed by atoms with E-state index >= 15 is 0 Å². The number of ether oxygens (including phenoxy) is 2. The molecule has 0 saturated heterocycles. The molecule has 0 amide bonds. The van der Waals surface area contributed by atoms with Gasteiger partial charge in [-0.2, -0.15) is 16.8 Å². The van der Waals surface area contributed by atoms with Crippen molar-refractivity contribution in [2.24, 2.45) is 9.98 Å². The van der Waals surface area contributed by atoms with Crippen LogP contribution in [0.5, 0.6) is 11.5 Å². The van der Waals surface area contributed by atoms with E-state index in [0.717, 1.165) is 5.75 Å². The van der Waals surface area contributed by atoms with Crippen LogP contribution >= 0.6 is 0 Å². The Kier molecular flexibility index (Phi) is 9.53. The summed E-state index contributed by atoms with van der Waals surface area (Å²) in [5.41, 5.74) is 6.19. The lowest BCUT2D eigenvalue weighted by molar-refractivity contribution is 0.405. The Hall–Kier alpha value is -3.72. The molecule has 188 valence electrons. The lowest BCUT2D eigenvalue weighted by Gasteiger charge is -2.15. The molecule has 0 fully saturated rings. The number of hydrogen-bond acceptors (Lipinski definition) is 9. The highest BCUT2D eigenvalue weighted by atomic mass is 32.2. The van der Waals surface area contributed by atoms with E-state index in [4.69, 9.17) is 24.3 Å². The van der Waals surface area contributed by atoms with Crippen LogP contribution in [-0.4, -0.2) is 62.6 Å². The maximum absolute atomic E-state index is 10.5. The van der Waals surface area contributed by atoms with Gasteiger partial charge in [-0.1, -0.05) is 48.5 Å². The van der Waals surface area contributed by atoms with Gasteiger partial charge >= 0.3 is 20.4 Å². The van der Waals surface area contributed by atoms with Gasteiger partial charge in [-0.3, -0.25) is 9.11 Å². The molecular weight excluding hydrogens is 500 g/mol. The van der Waals surface area contributed by atoms with Crippen molar-refractivity contribution in [3.8, 4) is 11.5 Å². The van der Waals surface area contributed by atoms with E-state index in [0.29, 0.717) is 22.1 Å². The van der Waals surface area contributed by atoms with E-state index in [1.807, 2.05) is 0 Å². The number of nitrogens with zero attached hydrogens (tertiary/aromatic N) is 3. The zero-order valence-electron chi connectivity index (χ0n) is 18.7. The summed E-state index contributed by atoms with van der Waals surface area (Å²) in [7, 11) is -5.86. The molecule has 3 aromatic rings. The van der Waals surface area contributed by atoms with Gasteiger partial charge in [0, 0.05) is 6.07 Å². The number of methoxy groups -OCH3 is 2. The fourth-order valence-electron chi connectivity index (χ4n) is 2.57. The van der Waals surface area contributed by atoms with Gasteiger partial charge in [0.1, 0.15) is 24.5 Å². The number of amidine groups is 1. The van der Waals surface area contributed by atoms with Crippen LogP contribution in [0.1, 0.15) is 0 Å². The number of rotatable bonds is 3. The van der Waals surface area contributed by atoms with Gasteiger partial charge in [-0.15, -0.1) is 0 Å². The van der Waals surface area contributed by atoms with Crippen molar-refractivity contribution >= 4 is 48.4 Å². The van der Waals surface area contributed by atoms with Crippen molar-refractivity contribution in [2.45, 2.75) is 0 Å². The number of nitrogen functional groups attached to an aromatic ring is 1. The number of benzene rings is 3. The van der Waals surface area contributed by atoms with Crippen LogP contribution in [0, 0.1) is 0 Å². The van der Waals surface area contributed by atoms with Gasteiger partial charge in [0.05, 0.1) is 19.9 Å². The van der Waals surface area contributed by atoms with Gasteiger partial charge in [0.25, 0.3) is 5.17 Å². The quantitative estimate of drug-likeness (QED) is 0.342. The Bertz CT molecular complexity index is 1360. The Morgan fingerprint density at radius 2 is 1.43 bits per heavy atom. The van der Waals surface area contributed by atoms with Gasteiger partial charge < -0.3 is 15.2 Å². The zero-order valence-corrected chi connectivity index (χ0v) is 20.3. The normalized spacial score (nSPS) is 13.0. The maximum Gasteiger partial charge on any atom is 0.362 e. The van der Waals surface area contributed by atoms with Crippen LogP contribution in [-0.2, 0) is 20.4 Å². The van der Waals surface area contributed by atoms with Crippen LogP contribution in [0.2, 0.25) is 0 Å². The molecule has 4 rings (SSSR count). The van der Waals surface area contributed by atoms with Crippen molar-refractivity contribution in [2.75, 3.05) is 26.6 Å². The minimum absolute atomic E-state index is 0.293. The summed E-state index contributed by atoms with van der Waals surface area (Å²) in [5, 5.41) is 1.72. The van der Waals surface area contributed by atoms with Crippen molar-refractivity contribution in [1.82, 2.24) is 4.31 Å². The summed E-state index contributed by atoms with van der Waals surface area (Å²) in [6, 6.07) is 22.0. The fraction of sp³-hybridized carbons (Fsp3) is 0.143. The summed E-state index contributed by atoms with van der Waals surface area (Å²) in [4.78, 5) is 6.14. The number of anilines is 1. The topological polar surface area (TPSA) is 181 Å². The second-order valence-corrected chi connectivity index (χ2v) is 9.30. The summed E-state index contributed by atoms with van der Waals surface area (Å²) >= 11 is 0. The number of aliphatic imine (C=N–C) groups is 2. The number of hydrogen-bond donors (Lipinski definition) is 3. The maximum atomic E-state index is 10.5. The van der Waals surface area contributed by atoms with Crippen LogP contribution in [0.25, 0.3) is 10.8 Å². The summed E-state index contributed by atoms with van der Waals surface area (Å²) in [6.07, 6.45) is 0.533. The van der Waals surface area contributed by atoms with Gasteiger partial charge in [0.15, 0.2) is 0 Å². The predicted molar refractivity (Wildman–Crippen MR) is 134 cm³/mol. The fourth-order valence-corrected chi connectivity index (χ4v) is 3.35. The highest BCUT2D eigenvalue weighted by molar-refractivity contribution is 8.01. The first kappa shape index (κ1) is 27.5. The molecule has 1 heterocycles. The standard InChI is InChI=1S/C10H8.C8H11NO2.C3H5N3O6S2/c1-2-6-10-8-4-3-7-9(10)5-1;1-10-6-3-4-8(11-2)7(9)5-6;7-13(8,9)3-4-1-6(2-5-3)14(10,11)12/h1-8H;3-5H,9H2,1-2H3;1H,2H2,(H,7,8,9)(H,10,11,12). The monoisotopic (exact) mass is 524 g/mol. The minimum Gasteiger partial charge on any atom is -0.497 e. The smallest absolute Gasteiger partial charge is 0.362 e. The molecule has 0 bridgehead atoms. The first-order valence-electron chi connectivity index (χ1n) is 9.67. The molecule has 1 aliphatic rings. The highest BCUT2D eigenvalue weighted by Gasteiger charge is 2.23. The summed E-state index contributed by atoms with van der Waals surface area (Å²) in [5.74, 6) is 1.41. The molecule has 0 atom stereocenters. The summed E-state index contributed by atoms with van der Waals surface area (Å²) in [6.45, 7) is -0.655. The molecule has 35 heavy (non-hydrogen) atoms. The number of nitrogens with two attached hydrogens (primary N) is 1. The average Bonchev–Trinajstić information content (AvgIpc) is 2.84. The molecule has 4 N–H and O–H groups in total. The van der Waals surface area contributed by atoms with Crippen molar-refractivity contribution in [1.29, 1.82) is 0 Å². The number of fused-ring (bicyclic) bond motifs is 1. The Balaban J connectivity index is 0.000000188. The summed E-state index contributed by atoms with van der Waals surface area (Å²) < 4.78 is 68.9. The molecule has 0 aromatic heterocycles. The lowest BCUT2D eigenvalue weighted by atomic mass is 10.1. The van der Waals surface area contributed by atoms with E-state index in [-0.39, 0.29) is 0 Å². The van der Waals surface area contributed by atoms with Crippen molar-refractivity contribution < 1.29 is 35.4 Å². The third-order valence-corrected chi connectivity index (χ3v) is 5.76. The van der Waals surface area contributed by atoms with Gasteiger partial charge in [-0.25, -0.2) is 14.3 Å². The first-order valence-corrected chi connectivity index (χ1v) is 12.5. The van der Waals surface area contributed by atoms with E-state index in [1.54, 1.807) is 32.4 Å². The molecule has 0 saturated carbocycles. The largest absolute Gasteiger partial charge is 0.497 e. The predicted octanol–water partition coefficient (Wildman–Crippen LogP) is 2.46. The zero-order chi connectivity index (χ0) is 26.1. The molecule has 1 aliphatic heterocycles. The molecule has 12 nitrogen and oxygen atoms in total. The molecule has 0 unspecified atom stereocenters. The van der Waals surface area contributed by atoms with Crippen LogP contribution < -0.4 is 15.2 Å².